The maximum absolute atomic E-state index is 10.8. The SMILES string of the molecule is CCCCCCCCCCCCCCCCC[N+](C)(C)CCC[Si]1(OC(C)(C)C(C)(C)O)OC(C)(C)C(C)(C)O1. The van der Waals surface area contributed by atoms with Crippen molar-refractivity contribution in [2.24, 2.45) is 0 Å². The highest BCUT2D eigenvalue weighted by Gasteiger charge is 2.63. The van der Waals surface area contributed by atoms with Crippen LogP contribution in [0.3, 0.4) is 0 Å². The number of hydrogen-bond acceptors (Lipinski definition) is 4. The van der Waals surface area contributed by atoms with Gasteiger partial charge in [-0.15, -0.1) is 0 Å². The van der Waals surface area contributed by atoms with Gasteiger partial charge in [0.2, 0.25) is 0 Å². The van der Waals surface area contributed by atoms with Gasteiger partial charge in [0.15, 0.2) is 0 Å². The minimum atomic E-state index is -2.99. The molecule has 5 nitrogen and oxygen atoms in total. The summed E-state index contributed by atoms with van der Waals surface area (Å²) < 4.78 is 21.0. The molecule has 0 aliphatic carbocycles. The van der Waals surface area contributed by atoms with E-state index in [1.165, 1.54) is 103 Å². The third-order valence-corrected chi connectivity index (χ3v) is 13.2. The molecule has 0 spiro atoms. The lowest BCUT2D eigenvalue weighted by molar-refractivity contribution is -0.890. The van der Waals surface area contributed by atoms with Crippen molar-refractivity contribution in [2.45, 2.75) is 193 Å². The van der Waals surface area contributed by atoms with Gasteiger partial charge in [-0.2, -0.15) is 0 Å². The summed E-state index contributed by atoms with van der Waals surface area (Å²) in [5.41, 5.74) is -2.65. The van der Waals surface area contributed by atoms with Gasteiger partial charge in [0.05, 0.1) is 49.6 Å². The molecule has 1 heterocycles. The average Bonchev–Trinajstić information content (AvgIpc) is 2.97. The van der Waals surface area contributed by atoms with Crippen molar-refractivity contribution >= 4 is 8.80 Å². The molecular formula is C34H72NO4Si+. The van der Waals surface area contributed by atoms with Crippen molar-refractivity contribution in [2.75, 3.05) is 27.2 Å². The molecule has 0 radical (unpaired) electrons. The van der Waals surface area contributed by atoms with Gasteiger partial charge in [-0.05, 0) is 68.2 Å². The molecule has 1 aliphatic heterocycles. The van der Waals surface area contributed by atoms with Crippen molar-refractivity contribution in [3.63, 3.8) is 0 Å². The van der Waals surface area contributed by atoms with Crippen LogP contribution in [0.2, 0.25) is 6.04 Å². The molecular weight excluding hydrogens is 514 g/mol. The first-order valence-electron chi connectivity index (χ1n) is 17.0. The maximum atomic E-state index is 10.8. The molecule has 0 bridgehead atoms. The Morgan fingerprint density at radius 2 is 0.975 bits per heavy atom. The van der Waals surface area contributed by atoms with Crippen LogP contribution in [0.15, 0.2) is 0 Å². The van der Waals surface area contributed by atoms with E-state index in [1.807, 2.05) is 13.8 Å². The van der Waals surface area contributed by atoms with E-state index in [-0.39, 0.29) is 0 Å². The Morgan fingerprint density at radius 3 is 1.35 bits per heavy atom. The van der Waals surface area contributed by atoms with Crippen LogP contribution in [0.25, 0.3) is 0 Å². The van der Waals surface area contributed by atoms with Crippen LogP contribution in [0, 0.1) is 0 Å². The van der Waals surface area contributed by atoms with Gasteiger partial charge in [0, 0.05) is 12.5 Å². The maximum Gasteiger partial charge on any atom is 0.502 e. The van der Waals surface area contributed by atoms with Crippen LogP contribution >= 0.6 is 0 Å². The lowest BCUT2D eigenvalue weighted by Crippen LogP contribution is -2.57. The summed E-state index contributed by atoms with van der Waals surface area (Å²) in [7, 11) is 1.71. The molecule has 1 aliphatic rings. The van der Waals surface area contributed by atoms with Gasteiger partial charge in [0.1, 0.15) is 0 Å². The Balaban J connectivity index is 2.32. The summed E-state index contributed by atoms with van der Waals surface area (Å²) in [6, 6.07) is 0.778. The van der Waals surface area contributed by atoms with Crippen LogP contribution in [-0.4, -0.2) is 68.0 Å². The standard InChI is InChI=1S/C34H72NO4Si/c1-12-13-14-15-16-17-18-19-20-21-22-23-24-25-26-28-35(10,11)29-27-30-40(37-32(4,5)31(2,3)36)38-33(6,7)34(8,9)39-40/h36H,12-30H2,1-11H3/q+1. The lowest BCUT2D eigenvalue weighted by atomic mass is 9.90. The third kappa shape index (κ3) is 13.5. The van der Waals surface area contributed by atoms with Gasteiger partial charge in [-0.25, -0.2) is 0 Å². The summed E-state index contributed by atoms with van der Waals surface area (Å²) in [5.74, 6) is 0. The van der Waals surface area contributed by atoms with E-state index < -0.39 is 31.2 Å². The third-order valence-electron chi connectivity index (χ3n) is 9.77. The van der Waals surface area contributed by atoms with E-state index in [4.69, 9.17) is 13.3 Å². The van der Waals surface area contributed by atoms with Crippen LogP contribution in [0.4, 0.5) is 0 Å². The van der Waals surface area contributed by atoms with Gasteiger partial charge in [0.25, 0.3) is 0 Å². The molecule has 0 aromatic carbocycles. The molecule has 1 fully saturated rings. The van der Waals surface area contributed by atoms with Crippen LogP contribution in [0.5, 0.6) is 0 Å². The van der Waals surface area contributed by atoms with Crippen molar-refractivity contribution < 1.29 is 22.9 Å². The summed E-state index contributed by atoms with van der Waals surface area (Å²) in [6.07, 6.45) is 22.1. The Bertz CT molecular complexity index is 668. The van der Waals surface area contributed by atoms with Gasteiger partial charge in [-0.1, -0.05) is 90.4 Å². The fourth-order valence-electron chi connectivity index (χ4n) is 5.50. The summed E-state index contributed by atoms with van der Waals surface area (Å²) >= 11 is 0. The van der Waals surface area contributed by atoms with Gasteiger partial charge in [-0.3, -0.25) is 0 Å². The lowest BCUT2D eigenvalue weighted by Gasteiger charge is -2.42. The van der Waals surface area contributed by atoms with E-state index in [1.54, 1.807) is 13.8 Å². The molecule has 0 unspecified atom stereocenters. The molecule has 0 saturated carbocycles. The predicted octanol–water partition coefficient (Wildman–Crippen LogP) is 9.43. The predicted molar refractivity (Wildman–Crippen MR) is 174 cm³/mol. The van der Waals surface area contributed by atoms with Crippen molar-refractivity contribution in [1.29, 1.82) is 0 Å². The zero-order valence-corrected chi connectivity index (χ0v) is 30.1. The van der Waals surface area contributed by atoms with Crippen molar-refractivity contribution in [3.05, 3.63) is 0 Å². The molecule has 6 heteroatoms. The Hall–Kier alpha value is 0.0169. The zero-order valence-electron chi connectivity index (χ0n) is 29.1. The fraction of sp³-hybridized carbons (Fsp3) is 1.00. The number of nitrogens with zero attached hydrogens (tertiary/aromatic N) is 1. The van der Waals surface area contributed by atoms with E-state index in [0.717, 1.165) is 23.5 Å². The minimum Gasteiger partial charge on any atom is -0.388 e. The second-order valence-corrected chi connectivity index (χ2v) is 18.0. The first-order chi connectivity index (χ1) is 18.4. The number of unbranched alkanes of at least 4 members (excludes halogenated alkanes) is 14. The summed E-state index contributed by atoms with van der Waals surface area (Å²) in [6.45, 7) is 20.5. The van der Waals surface area contributed by atoms with Crippen molar-refractivity contribution in [1.82, 2.24) is 0 Å². The van der Waals surface area contributed by atoms with Crippen LogP contribution < -0.4 is 0 Å². The molecule has 40 heavy (non-hydrogen) atoms. The molecule has 0 aromatic heterocycles. The van der Waals surface area contributed by atoms with E-state index in [0.29, 0.717) is 0 Å². The monoisotopic (exact) mass is 587 g/mol. The van der Waals surface area contributed by atoms with Gasteiger partial charge < -0.3 is 22.9 Å². The normalized spacial score (nSPS) is 18.9. The second kappa shape index (κ2) is 16.8. The van der Waals surface area contributed by atoms with Crippen LogP contribution in [-0.2, 0) is 13.3 Å². The topological polar surface area (TPSA) is 47.9 Å². The summed E-state index contributed by atoms with van der Waals surface area (Å²) in [4.78, 5) is 0. The molecule has 240 valence electrons. The summed E-state index contributed by atoms with van der Waals surface area (Å²) in [5, 5.41) is 10.8. The minimum absolute atomic E-state index is 0.437. The quantitative estimate of drug-likeness (QED) is 0.0736. The molecule has 1 saturated heterocycles. The zero-order chi connectivity index (χ0) is 30.6. The molecule has 1 N–H and O–H groups in total. The number of aliphatic hydroxyl groups is 1. The number of hydrogen-bond donors (Lipinski definition) is 1. The highest BCUT2D eigenvalue weighted by Crippen LogP contribution is 2.46. The second-order valence-electron chi connectivity index (χ2n) is 15.5. The number of quaternary nitrogens is 1. The number of rotatable bonds is 23. The largest absolute Gasteiger partial charge is 0.502 e. The highest BCUT2D eigenvalue weighted by molar-refractivity contribution is 6.61. The molecule has 0 atom stereocenters. The molecule has 1 rings (SSSR count). The first kappa shape index (κ1) is 38.0. The molecule has 0 amide bonds. The van der Waals surface area contributed by atoms with Crippen molar-refractivity contribution in [3.8, 4) is 0 Å². The smallest absolute Gasteiger partial charge is 0.388 e. The average molecular weight is 587 g/mol. The van der Waals surface area contributed by atoms with E-state index in [2.05, 4.69) is 48.7 Å². The highest BCUT2D eigenvalue weighted by atomic mass is 28.4. The van der Waals surface area contributed by atoms with Crippen LogP contribution in [0.1, 0.15) is 165 Å². The Morgan fingerprint density at radius 1 is 0.625 bits per heavy atom. The first-order valence-corrected chi connectivity index (χ1v) is 19.0. The Kier molecular flexibility index (Phi) is 15.9. The molecule has 0 aromatic rings. The fourth-order valence-corrected chi connectivity index (χ4v) is 9.60. The van der Waals surface area contributed by atoms with E-state index >= 15 is 0 Å². The van der Waals surface area contributed by atoms with E-state index in [9.17, 15) is 5.11 Å². The Labute approximate surface area is 252 Å². The van der Waals surface area contributed by atoms with Gasteiger partial charge >= 0.3 is 8.80 Å².